The van der Waals surface area contributed by atoms with Crippen molar-refractivity contribution in [1.82, 2.24) is 0 Å². The highest BCUT2D eigenvalue weighted by molar-refractivity contribution is 14.1. The van der Waals surface area contributed by atoms with Crippen LogP contribution in [0.3, 0.4) is 0 Å². The zero-order chi connectivity index (χ0) is 18.4. The predicted octanol–water partition coefficient (Wildman–Crippen LogP) is 3.88. The molecule has 0 aromatic heterocycles. The molecule has 1 aliphatic rings. The minimum absolute atomic E-state index is 0.100. The van der Waals surface area contributed by atoms with Crippen LogP contribution >= 0.6 is 22.6 Å². The summed E-state index contributed by atoms with van der Waals surface area (Å²) in [6.07, 6.45) is 3.97. The number of halogens is 1. The van der Waals surface area contributed by atoms with Crippen LogP contribution in [0.2, 0.25) is 0 Å². The van der Waals surface area contributed by atoms with Crippen LogP contribution in [0.15, 0.2) is 58.1 Å². The molecule has 1 aliphatic heterocycles. The average Bonchev–Trinajstić information content (AvgIpc) is 2.93. The van der Waals surface area contributed by atoms with Crippen LogP contribution in [0.25, 0.3) is 0 Å². The first-order valence-electron chi connectivity index (χ1n) is 7.74. The molecule has 1 aromatic rings. The van der Waals surface area contributed by atoms with Gasteiger partial charge in [0.25, 0.3) is 0 Å². The molecular weight excluding hydrogens is 435 g/mol. The summed E-state index contributed by atoms with van der Waals surface area (Å²) in [6.45, 7) is 7.61. The Kier molecular flexibility index (Phi) is 6.41. The summed E-state index contributed by atoms with van der Waals surface area (Å²) in [7, 11) is 0. The third-order valence-electron chi connectivity index (χ3n) is 3.54. The summed E-state index contributed by atoms with van der Waals surface area (Å²) in [5, 5.41) is 0. The van der Waals surface area contributed by atoms with E-state index in [2.05, 4.69) is 29.2 Å². The van der Waals surface area contributed by atoms with E-state index in [-0.39, 0.29) is 18.1 Å². The number of rotatable bonds is 7. The van der Waals surface area contributed by atoms with Crippen molar-refractivity contribution in [3.63, 3.8) is 0 Å². The van der Waals surface area contributed by atoms with Gasteiger partial charge in [-0.3, -0.25) is 9.59 Å². The van der Waals surface area contributed by atoms with Gasteiger partial charge in [0.05, 0.1) is 16.6 Å². The molecule has 0 fully saturated rings. The van der Waals surface area contributed by atoms with Gasteiger partial charge in [0.1, 0.15) is 5.75 Å². The van der Waals surface area contributed by atoms with Gasteiger partial charge in [-0.2, -0.15) is 0 Å². The lowest BCUT2D eigenvalue weighted by atomic mass is 10.0. The van der Waals surface area contributed by atoms with Crippen LogP contribution in [-0.2, 0) is 25.5 Å². The Labute approximate surface area is 160 Å². The summed E-state index contributed by atoms with van der Waals surface area (Å²) in [5.41, 5.74) is -0.283. The third-order valence-corrected chi connectivity index (χ3v) is 4.47. The first-order valence-corrected chi connectivity index (χ1v) is 8.82. The van der Waals surface area contributed by atoms with Gasteiger partial charge in [-0.15, -0.1) is 0 Å². The second-order valence-corrected chi connectivity index (χ2v) is 6.61. The van der Waals surface area contributed by atoms with Gasteiger partial charge < -0.3 is 14.2 Å². The van der Waals surface area contributed by atoms with Gasteiger partial charge in [-0.05, 0) is 42.5 Å². The lowest BCUT2D eigenvalue weighted by molar-refractivity contribution is -0.142. The molecule has 2 rings (SSSR count). The molecule has 0 spiro atoms. The lowest BCUT2D eigenvalue weighted by Gasteiger charge is -2.26. The van der Waals surface area contributed by atoms with E-state index in [1.165, 1.54) is 0 Å². The minimum atomic E-state index is -0.980. The Morgan fingerprint density at radius 1 is 1.40 bits per heavy atom. The molecular formula is C19H19IO5. The van der Waals surface area contributed by atoms with Crippen LogP contribution in [0.4, 0.5) is 0 Å². The topological polar surface area (TPSA) is 61.8 Å². The van der Waals surface area contributed by atoms with Crippen molar-refractivity contribution in [2.75, 3.05) is 6.61 Å². The van der Waals surface area contributed by atoms with E-state index in [1.807, 2.05) is 12.1 Å². The van der Waals surface area contributed by atoms with E-state index in [4.69, 9.17) is 14.2 Å². The van der Waals surface area contributed by atoms with E-state index in [0.717, 1.165) is 3.58 Å². The van der Waals surface area contributed by atoms with E-state index < -0.39 is 5.60 Å². The molecule has 25 heavy (non-hydrogen) atoms. The molecule has 0 N–H and O–H groups in total. The average molecular weight is 454 g/mol. The van der Waals surface area contributed by atoms with E-state index >= 15 is 0 Å². The zero-order valence-corrected chi connectivity index (χ0v) is 16.2. The number of hydrogen-bond donors (Lipinski definition) is 0. The molecule has 0 saturated carbocycles. The number of allylic oxidation sites excluding steroid dienone is 3. The molecule has 0 bridgehead atoms. The highest BCUT2D eigenvalue weighted by Crippen LogP contribution is 2.39. The normalized spacial score (nSPS) is 21.0. The van der Waals surface area contributed by atoms with Crippen LogP contribution in [0, 0.1) is 0 Å². The van der Waals surface area contributed by atoms with Crippen LogP contribution in [-0.4, -0.2) is 24.5 Å². The number of ether oxygens (including phenoxy) is 3. The quantitative estimate of drug-likeness (QED) is 0.356. The summed E-state index contributed by atoms with van der Waals surface area (Å²) in [4.78, 5) is 22.9. The lowest BCUT2D eigenvalue weighted by Crippen LogP contribution is -2.31. The van der Waals surface area contributed by atoms with Crippen LogP contribution < -0.4 is 4.74 Å². The molecule has 1 heterocycles. The number of benzene rings is 1. The molecule has 1 atom stereocenters. The second kappa shape index (κ2) is 8.33. The molecule has 6 heteroatoms. The van der Waals surface area contributed by atoms with Crippen LogP contribution in [0.5, 0.6) is 5.75 Å². The molecule has 0 saturated heterocycles. The predicted molar refractivity (Wildman–Crippen MR) is 102 cm³/mol. The van der Waals surface area contributed by atoms with Crippen molar-refractivity contribution >= 4 is 34.8 Å². The molecule has 5 nitrogen and oxygen atoms in total. The Bertz CT molecular complexity index is 750. The van der Waals surface area contributed by atoms with Crippen molar-refractivity contribution in [2.45, 2.75) is 25.9 Å². The highest BCUT2D eigenvalue weighted by Gasteiger charge is 2.40. The number of carbonyl (C=O) groups excluding carboxylic acids is 2. The third kappa shape index (κ3) is 4.50. The van der Waals surface area contributed by atoms with Gasteiger partial charge >= 0.3 is 5.97 Å². The molecule has 1 aromatic carbocycles. The maximum Gasteiger partial charge on any atom is 0.310 e. The monoisotopic (exact) mass is 454 g/mol. The first kappa shape index (κ1) is 19.2. The van der Waals surface area contributed by atoms with Crippen molar-refractivity contribution in [3.8, 4) is 5.75 Å². The highest BCUT2D eigenvalue weighted by atomic mass is 127. The summed E-state index contributed by atoms with van der Waals surface area (Å²) >= 11 is 2.07. The van der Waals surface area contributed by atoms with Crippen molar-refractivity contribution in [3.05, 3.63) is 63.7 Å². The smallest absolute Gasteiger partial charge is 0.310 e. The molecule has 0 radical (unpaired) electrons. The fourth-order valence-electron chi connectivity index (χ4n) is 2.44. The molecule has 0 aliphatic carbocycles. The Balaban J connectivity index is 2.37. The maximum absolute atomic E-state index is 11.8. The maximum atomic E-state index is 11.8. The first-order chi connectivity index (χ1) is 11.9. The van der Waals surface area contributed by atoms with Crippen LogP contribution in [0.1, 0.15) is 19.4 Å². The molecule has 132 valence electrons. The summed E-state index contributed by atoms with van der Waals surface area (Å²) in [6, 6.07) is 7.21. The Hall–Kier alpha value is -2.09. The van der Waals surface area contributed by atoms with E-state index in [1.54, 1.807) is 38.1 Å². The summed E-state index contributed by atoms with van der Waals surface area (Å²) in [5.74, 6) is 0.857. The SMILES string of the molecule is C=C/C(I)=C1/OC(C=O)=CC1(C)Oc1ccccc1CC(=O)OCC. The molecule has 1 unspecified atom stereocenters. The number of esters is 1. The van der Waals surface area contributed by atoms with Crippen molar-refractivity contribution in [1.29, 1.82) is 0 Å². The van der Waals surface area contributed by atoms with Gasteiger partial charge in [0.15, 0.2) is 23.4 Å². The largest absolute Gasteiger partial charge is 0.475 e. The fraction of sp³-hybridized carbons (Fsp3) is 0.263. The summed E-state index contributed by atoms with van der Waals surface area (Å²) < 4.78 is 17.5. The second-order valence-electron chi connectivity index (χ2n) is 5.45. The van der Waals surface area contributed by atoms with Gasteiger partial charge in [0.2, 0.25) is 0 Å². The Morgan fingerprint density at radius 3 is 2.76 bits per heavy atom. The minimum Gasteiger partial charge on any atom is -0.475 e. The zero-order valence-electron chi connectivity index (χ0n) is 14.1. The van der Waals surface area contributed by atoms with E-state index in [0.29, 0.717) is 30.0 Å². The Morgan fingerprint density at radius 2 is 2.12 bits per heavy atom. The standard InChI is InChI=1S/C19H19IO5/c1-4-15(20)18-19(3,11-14(12-21)24-18)25-16-9-7-6-8-13(16)10-17(22)23-5-2/h4,6-9,11-12H,1,5,10H2,2-3H3/b18-15-. The molecule has 0 amide bonds. The van der Waals surface area contributed by atoms with E-state index in [9.17, 15) is 9.59 Å². The number of carbonyl (C=O) groups is 2. The number of para-hydroxylation sites is 1. The fourth-order valence-corrected chi connectivity index (χ4v) is 3.09. The van der Waals surface area contributed by atoms with Gasteiger partial charge in [0, 0.05) is 11.6 Å². The van der Waals surface area contributed by atoms with Crippen molar-refractivity contribution in [2.24, 2.45) is 0 Å². The van der Waals surface area contributed by atoms with Crippen molar-refractivity contribution < 1.29 is 23.8 Å². The van der Waals surface area contributed by atoms with Gasteiger partial charge in [-0.1, -0.05) is 30.9 Å². The number of hydrogen-bond acceptors (Lipinski definition) is 5. The van der Waals surface area contributed by atoms with Gasteiger partial charge in [-0.25, -0.2) is 0 Å². The number of aldehydes is 1.